The summed E-state index contributed by atoms with van der Waals surface area (Å²) in [6.45, 7) is 0. The van der Waals surface area contributed by atoms with Crippen molar-refractivity contribution in [2.45, 2.75) is 0 Å². The van der Waals surface area contributed by atoms with E-state index in [0.29, 0.717) is 22.9 Å². The van der Waals surface area contributed by atoms with E-state index in [4.69, 9.17) is 19.2 Å². The third kappa shape index (κ3) is 3.97. The van der Waals surface area contributed by atoms with Crippen LogP contribution in [-0.2, 0) is 0 Å². The van der Waals surface area contributed by atoms with Gasteiger partial charge >= 0.3 is 0 Å². The molecular formula is C24H19BrN2O5. The van der Waals surface area contributed by atoms with Crippen molar-refractivity contribution < 1.29 is 19.1 Å². The molecular weight excluding hydrogens is 476 g/mol. The summed E-state index contributed by atoms with van der Waals surface area (Å²) in [6.07, 6.45) is 0. The van der Waals surface area contributed by atoms with Crippen molar-refractivity contribution in [1.82, 2.24) is 4.98 Å². The van der Waals surface area contributed by atoms with Gasteiger partial charge in [-0.3, -0.25) is 10.1 Å². The molecule has 0 atom stereocenters. The second-order valence-corrected chi connectivity index (χ2v) is 7.85. The number of nitrogens with zero attached hydrogens (tertiary/aromatic N) is 2. The second kappa shape index (κ2) is 8.84. The smallest absolute Gasteiger partial charge is 0.269 e. The number of aromatic nitrogens is 1. The first-order chi connectivity index (χ1) is 15.4. The standard InChI is InChI=1S/C24H19BrN2O5/c1-30-22-10-15(11-23(31-2)24(22)32-3)21-13-18(14-4-7-17(8-5-14)27(28)29)19-12-16(25)6-9-20(19)26-21/h4-13H,1-3H3. The highest BCUT2D eigenvalue weighted by molar-refractivity contribution is 9.10. The molecule has 4 aromatic rings. The Balaban J connectivity index is 1.96. The van der Waals surface area contributed by atoms with Gasteiger partial charge in [-0.05, 0) is 59.7 Å². The zero-order valence-corrected chi connectivity index (χ0v) is 19.2. The van der Waals surface area contributed by atoms with Crippen molar-refractivity contribution in [3.05, 3.63) is 75.3 Å². The molecule has 0 aliphatic rings. The molecule has 0 aliphatic carbocycles. The van der Waals surface area contributed by atoms with E-state index in [1.165, 1.54) is 12.1 Å². The Bertz CT molecular complexity index is 1300. The average molecular weight is 495 g/mol. The summed E-state index contributed by atoms with van der Waals surface area (Å²) in [5.74, 6) is 1.55. The molecule has 0 N–H and O–H groups in total. The van der Waals surface area contributed by atoms with E-state index in [9.17, 15) is 10.1 Å². The molecule has 0 amide bonds. The van der Waals surface area contributed by atoms with Crippen LogP contribution in [0.5, 0.6) is 17.2 Å². The number of hydrogen-bond acceptors (Lipinski definition) is 6. The highest BCUT2D eigenvalue weighted by atomic mass is 79.9. The van der Waals surface area contributed by atoms with Gasteiger partial charge in [0.1, 0.15) is 0 Å². The number of halogens is 1. The first-order valence-electron chi connectivity index (χ1n) is 9.60. The van der Waals surface area contributed by atoms with Crippen LogP contribution in [-0.4, -0.2) is 31.2 Å². The molecule has 7 nitrogen and oxygen atoms in total. The quantitative estimate of drug-likeness (QED) is 0.232. The number of methoxy groups -OCH3 is 3. The molecule has 0 radical (unpaired) electrons. The molecule has 1 heterocycles. The van der Waals surface area contributed by atoms with E-state index in [1.807, 2.05) is 36.4 Å². The van der Waals surface area contributed by atoms with Crippen LogP contribution in [0.15, 0.2) is 65.1 Å². The van der Waals surface area contributed by atoms with Crippen LogP contribution in [0, 0.1) is 10.1 Å². The van der Waals surface area contributed by atoms with Crippen LogP contribution in [0.25, 0.3) is 33.3 Å². The summed E-state index contributed by atoms with van der Waals surface area (Å²) in [4.78, 5) is 15.5. The summed E-state index contributed by atoms with van der Waals surface area (Å²) >= 11 is 3.52. The van der Waals surface area contributed by atoms with Crippen molar-refractivity contribution in [2.24, 2.45) is 0 Å². The summed E-state index contributed by atoms with van der Waals surface area (Å²) in [7, 11) is 4.68. The van der Waals surface area contributed by atoms with E-state index in [-0.39, 0.29) is 5.69 Å². The number of nitro benzene ring substituents is 1. The minimum absolute atomic E-state index is 0.0399. The SMILES string of the molecule is COc1cc(-c2cc(-c3ccc([N+](=O)[O-])cc3)c3cc(Br)ccc3n2)cc(OC)c1OC. The molecule has 0 unspecified atom stereocenters. The maximum atomic E-state index is 11.1. The monoisotopic (exact) mass is 494 g/mol. The molecule has 0 spiro atoms. The van der Waals surface area contributed by atoms with Gasteiger partial charge in [0.05, 0.1) is 37.5 Å². The van der Waals surface area contributed by atoms with Crippen molar-refractivity contribution in [3.63, 3.8) is 0 Å². The number of ether oxygens (including phenoxy) is 3. The molecule has 8 heteroatoms. The fraction of sp³-hybridized carbons (Fsp3) is 0.125. The zero-order chi connectivity index (χ0) is 22.8. The van der Waals surface area contributed by atoms with Crippen LogP contribution in [0.4, 0.5) is 5.69 Å². The lowest BCUT2D eigenvalue weighted by atomic mass is 9.98. The van der Waals surface area contributed by atoms with Gasteiger partial charge in [-0.25, -0.2) is 4.98 Å². The summed E-state index contributed by atoms with van der Waals surface area (Å²) in [5.41, 5.74) is 4.05. The molecule has 32 heavy (non-hydrogen) atoms. The maximum absolute atomic E-state index is 11.1. The Morgan fingerprint density at radius 2 is 1.50 bits per heavy atom. The van der Waals surface area contributed by atoms with Gasteiger partial charge in [0.15, 0.2) is 11.5 Å². The van der Waals surface area contributed by atoms with Gasteiger partial charge in [-0.15, -0.1) is 0 Å². The molecule has 0 fully saturated rings. The van der Waals surface area contributed by atoms with Gasteiger partial charge in [-0.1, -0.05) is 15.9 Å². The highest BCUT2D eigenvalue weighted by Crippen LogP contribution is 2.42. The van der Waals surface area contributed by atoms with Gasteiger partial charge < -0.3 is 14.2 Å². The minimum Gasteiger partial charge on any atom is -0.493 e. The van der Waals surface area contributed by atoms with Crippen LogP contribution >= 0.6 is 15.9 Å². The molecule has 0 bridgehead atoms. The Labute approximate surface area is 192 Å². The van der Waals surface area contributed by atoms with E-state index in [1.54, 1.807) is 33.5 Å². The maximum Gasteiger partial charge on any atom is 0.269 e. The predicted molar refractivity (Wildman–Crippen MR) is 127 cm³/mol. The first kappa shape index (κ1) is 21.6. The number of fused-ring (bicyclic) bond motifs is 1. The van der Waals surface area contributed by atoms with Gasteiger partial charge in [0, 0.05) is 27.6 Å². The molecule has 3 aromatic carbocycles. The second-order valence-electron chi connectivity index (χ2n) is 6.93. The van der Waals surface area contributed by atoms with Crippen molar-refractivity contribution in [2.75, 3.05) is 21.3 Å². The lowest BCUT2D eigenvalue weighted by Gasteiger charge is -2.15. The molecule has 162 valence electrons. The third-order valence-electron chi connectivity index (χ3n) is 5.12. The van der Waals surface area contributed by atoms with E-state index in [2.05, 4.69) is 15.9 Å². The lowest BCUT2D eigenvalue weighted by molar-refractivity contribution is -0.384. The van der Waals surface area contributed by atoms with E-state index >= 15 is 0 Å². The van der Waals surface area contributed by atoms with Crippen LogP contribution in [0.3, 0.4) is 0 Å². The number of hydrogen-bond donors (Lipinski definition) is 0. The zero-order valence-electron chi connectivity index (χ0n) is 17.6. The predicted octanol–water partition coefficient (Wildman–Crippen LogP) is 6.27. The summed E-state index contributed by atoms with van der Waals surface area (Å²) < 4.78 is 17.3. The van der Waals surface area contributed by atoms with Gasteiger partial charge in [0.2, 0.25) is 5.75 Å². The molecule has 1 aromatic heterocycles. The number of pyridine rings is 1. The van der Waals surface area contributed by atoms with Crippen molar-refractivity contribution in [1.29, 1.82) is 0 Å². The minimum atomic E-state index is -0.410. The molecule has 0 aliphatic heterocycles. The molecule has 0 saturated carbocycles. The number of rotatable bonds is 6. The topological polar surface area (TPSA) is 83.7 Å². The Kier molecular flexibility index (Phi) is 5.96. The fourth-order valence-electron chi connectivity index (χ4n) is 3.58. The van der Waals surface area contributed by atoms with Crippen molar-refractivity contribution >= 4 is 32.5 Å². The summed E-state index contributed by atoms with van der Waals surface area (Å²) in [5, 5.41) is 12.0. The molecule has 4 rings (SSSR count). The largest absolute Gasteiger partial charge is 0.493 e. The van der Waals surface area contributed by atoms with Crippen molar-refractivity contribution in [3.8, 4) is 39.6 Å². The van der Waals surface area contributed by atoms with Crippen LogP contribution < -0.4 is 14.2 Å². The van der Waals surface area contributed by atoms with Gasteiger partial charge in [-0.2, -0.15) is 0 Å². The third-order valence-corrected chi connectivity index (χ3v) is 5.61. The Morgan fingerprint density at radius 1 is 0.844 bits per heavy atom. The number of benzene rings is 3. The van der Waals surface area contributed by atoms with E-state index < -0.39 is 4.92 Å². The Hall–Kier alpha value is -3.65. The number of nitro groups is 1. The Morgan fingerprint density at radius 3 is 2.06 bits per heavy atom. The number of non-ortho nitro benzene ring substituents is 1. The summed E-state index contributed by atoms with van der Waals surface area (Å²) in [6, 6.07) is 18.0. The molecule has 0 saturated heterocycles. The van der Waals surface area contributed by atoms with Crippen LogP contribution in [0.1, 0.15) is 0 Å². The normalized spacial score (nSPS) is 10.8. The first-order valence-corrected chi connectivity index (χ1v) is 10.4. The highest BCUT2D eigenvalue weighted by Gasteiger charge is 2.17. The lowest BCUT2D eigenvalue weighted by Crippen LogP contribution is -1.97. The van der Waals surface area contributed by atoms with Crippen LogP contribution in [0.2, 0.25) is 0 Å². The average Bonchev–Trinajstić information content (AvgIpc) is 2.82. The van der Waals surface area contributed by atoms with Gasteiger partial charge in [0.25, 0.3) is 5.69 Å². The fourth-order valence-corrected chi connectivity index (χ4v) is 3.94. The van der Waals surface area contributed by atoms with E-state index in [0.717, 1.165) is 32.1 Å².